The summed E-state index contributed by atoms with van der Waals surface area (Å²) in [6.45, 7) is 4.87. The van der Waals surface area contributed by atoms with Gasteiger partial charge in [0.2, 0.25) is 15.9 Å². The van der Waals surface area contributed by atoms with Crippen molar-refractivity contribution in [3.63, 3.8) is 0 Å². The summed E-state index contributed by atoms with van der Waals surface area (Å²) >= 11 is 0. The lowest BCUT2D eigenvalue weighted by atomic mass is 10.0. The first-order valence-corrected chi connectivity index (χ1v) is 10.1. The molecule has 1 aliphatic rings. The van der Waals surface area contributed by atoms with Crippen LogP contribution in [0.3, 0.4) is 0 Å². The minimum Gasteiger partial charge on any atom is -0.352 e. The van der Waals surface area contributed by atoms with Crippen LogP contribution in [0.4, 0.5) is 10.5 Å². The molecule has 26 heavy (non-hydrogen) atoms. The lowest BCUT2D eigenvalue weighted by Gasteiger charge is -2.20. The number of anilines is 1. The molecule has 1 fully saturated rings. The van der Waals surface area contributed by atoms with Gasteiger partial charge in [0.25, 0.3) is 0 Å². The van der Waals surface area contributed by atoms with Crippen LogP contribution in [-0.4, -0.2) is 43.8 Å². The minimum absolute atomic E-state index is 0.139. The number of nitrogens with one attached hydrogen (secondary N) is 2. The van der Waals surface area contributed by atoms with Crippen molar-refractivity contribution in [3.05, 3.63) is 24.3 Å². The molecule has 3 amide bonds. The Morgan fingerprint density at radius 2 is 1.88 bits per heavy atom. The summed E-state index contributed by atoms with van der Waals surface area (Å²) in [6, 6.07) is 4.57. The van der Waals surface area contributed by atoms with E-state index in [0.29, 0.717) is 25.2 Å². The number of sulfonamides is 1. The van der Waals surface area contributed by atoms with Crippen molar-refractivity contribution in [3.8, 4) is 0 Å². The van der Waals surface area contributed by atoms with Gasteiger partial charge in [0.15, 0.2) is 0 Å². The molecular formula is C17H26N4O4S. The van der Waals surface area contributed by atoms with Crippen molar-refractivity contribution >= 4 is 27.6 Å². The largest absolute Gasteiger partial charge is 0.352 e. The van der Waals surface area contributed by atoms with Crippen LogP contribution < -0.4 is 16.4 Å². The number of nitrogens with zero attached hydrogens (tertiary/aromatic N) is 1. The lowest BCUT2D eigenvalue weighted by molar-refractivity contribution is -0.118. The molecule has 1 saturated heterocycles. The molecule has 0 saturated carbocycles. The SMILES string of the molecule is CC(C)C[C@@H](NC(N)=O)C(=O)Nc1cccc(S(=O)(=O)N2CCCC2)c1. The van der Waals surface area contributed by atoms with Gasteiger partial charge in [0.05, 0.1) is 4.90 Å². The van der Waals surface area contributed by atoms with E-state index >= 15 is 0 Å². The minimum atomic E-state index is -3.56. The second kappa shape index (κ2) is 8.50. The lowest BCUT2D eigenvalue weighted by Crippen LogP contribution is -2.46. The Morgan fingerprint density at radius 1 is 1.23 bits per heavy atom. The molecule has 0 unspecified atom stereocenters. The average molecular weight is 382 g/mol. The fourth-order valence-electron chi connectivity index (χ4n) is 2.92. The first kappa shape index (κ1) is 20.2. The number of benzene rings is 1. The molecule has 9 heteroatoms. The predicted octanol–water partition coefficient (Wildman–Crippen LogP) is 1.49. The fraction of sp³-hybridized carbons (Fsp3) is 0.529. The van der Waals surface area contributed by atoms with Crippen molar-refractivity contribution in [1.29, 1.82) is 0 Å². The zero-order valence-electron chi connectivity index (χ0n) is 15.1. The number of carbonyl (C=O) groups excluding carboxylic acids is 2. The average Bonchev–Trinajstić information content (AvgIpc) is 3.09. The first-order chi connectivity index (χ1) is 12.2. The molecule has 0 aromatic heterocycles. The van der Waals surface area contributed by atoms with Crippen LogP contribution in [0.2, 0.25) is 0 Å². The van der Waals surface area contributed by atoms with Gasteiger partial charge in [0, 0.05) is 18.8 Å². The summed E-state index contributed by atoms with van der Waals surface area (Å²) in [5, 5.41) is 5.08. The Kier molecular flexibility index (Phi) is 6.60. The zero-order chi connectivity index (χ0) is 19.3. The van der Waals surface area contributed by atoms with Gasteiger partial charge in [0.1, 0.15) is 6.04 Å². The number of rotatable bonds is 7. The highest BCUT2D eigenvalue weighted by Gasteiger charge is 2.27. The van der Waals surface area contributed by atoms with Crippen LogP contribution in [-0.2, 0) is 14.8 Å². The molecule has 8 nitrogen and oxygen atoms in total. The van der Waals surface area contributed by atoms with Gasteiger partial charge in [-0.1, -0.05) is 19.9 Å². The molecule has 2 rings (SSSR count). The van der Waals surface area contributed by atoms with Gasteiger partial charge >= 0.3 is 6.03 Å². The summed E-state index contributed by atoms with van der Waals surface area (Å²) in [5.74, 6) is -0.271. The van der Waals surface area contributed by atoms with E-state index in [-0.39, 0.29) is 10.8 Å². The van der Waals surface area contributed by atoms with E-state index in [9.17, 15) is 18.0 Å². The maximum absolute atomic E-state index is 12.6. The number of hydrogen-bond acceptors (Lipinski definition) is 4. The van der Waals surface area contributed by atoms with Crippen molar-refractivity contribution < 1.29 is 18.0 Å². The number of amides is 3. The first-order valence-electron chi connectivity index (χ1n) is 8.67. The third kappa shape index (κ3) is 5.18. The van der Waals surface area contributed by atoms with Crippen LogP contribution in [0.25, 0.3) is 0 Å². The number of nitrogens with two attached hydrogens (primary N) is 1. The van der Waals surface area contributed by atoms with E-state index in [4.69, 9.17) is 5.73 Å². The zero-order valence-corrected chi connectivity index (χ0v) is 15.9. The standard InChI is InChI=1S/C17H26N4O4S/c1-12(2)10-15(20-17(18)23)16(22)19-13-6-5-7-14(11-13)26(24,25)21-8-3-4-9-21/h5-7,11-12,15H,3-4,8-10H2,1-2H3,(H,19,22)(H3,18,20,23)/t15-/m1/s1. The Labute approximate surface area is 154 Å². The van der Waals surface area contributed by atoms with Crippen LogP contribution in [0.15, 0.2) is 29.2 Å². The molecule has 0 radical (unpaired) electrons. The Balaban J connectivity index is 2.16. The van der Waals surface area contributed by atoms with E-state index in [2.05, 4.69) is 10.6 Å². The van der Waals surface area contributed by atoms with Gasteiger partial charge < -0.3 is 16.4 Å². The van der Waals surface area contributed by atoms with Crippen LogP contribution in [0.1, 0.15) is 33.1 Å². The summed E-state index contributed by atoms with van der Waals surface area (Å²) in [4.78, 5) is 23.7. The summed E-state index contributed by atoms with van der Waals surface area (Å²) in [6.07, 6.45) is 2.12. The molecule has 144 valence electrons. The third-order valence-electron chi connectivity index (χ3n) is 4.14. The highest BCUT2D eigenvalue weighted by atomic mass is 32.2. The van der Waals surface area contributed by atoms with Crippen LogP contribution in [0, 0.1) is 5.92 Å². The van der Waals surface area contributed by atoms with Gasteiger partial charge in [-0.15, -0.1) is 0 Å². The number of primary amides is 1. The summed E-state index contributed by atoms with van der Waals surface area (Å²) in [7, 11) is -3.56. The van der Waals surface area contributed by atoms with Gasteiger partial charge in [-0.25, -0.2) is 13.2 Å². The molecule has 1 atom stereocenters. The highest BCUT2D eigenvalue weighted by Crippen LogP contribution is 2.23. The smallest absolute Gasteiger partial charge is 0.312 e. The van der Waals surface area contributed by atoms with E-state index in [0.717, 1.165) is 12.8 Å². The quantitative estimate of drug-likeness (QED) is 0.661. The Hall–Kier alpha value is -2.13. The topological polar surface area (TPSA) is 122 Å². The normalized spacial score (nSPS) is 16.4. The molecule has 0 spiro atoms. The second-order valence-electron chi connectivity index (χ2n) is 6.82. The molecule has 1 aromatic rings. The molecule has 4 N–H and O–H groups in total. The van der Waals surface area contributed by atoms with Crippen LogP contribution >= 0.6 is 0 Å². The van der Waals surface area contributed by atoms with Gasteiger partial charge in [-0.2, -0.15) is 4.31 Å². The molecule has 0 aliphatic carbocycles. The summed E-state index contributed by atoms with van der Waals surface area (Å²) in [5.41, 5.74) is 5.49. The molecule has 0 bridgehead atoms. The predicted molar refractivity (Wildman–Crippen MR) is 99.0 cm³/mol. The molecule has 1 heterocycles. The summed E-state index contributed by atoms with van der Waals surface area (Å²) < 4.78 is 26.7. The van der Waals surface area contributed by atoms with E-state index < -0.39 is 28.0 Å². The maximum Gasteiger partial charge on any atom is 0.312 e. The van der Waals surface area contributed by atoms with Crippen LogP contribution in [0.5, 0.6) is 0 Å². The van der Waals surface area contributed by atoms with Crippen molar-refractivity contribution in [2.24, 2.45) is 11.7 Å². The van der Waals surface area contributed by atoms with Crippen molar-refractivity contribution in [1.82, 2.24) is 9.62 Å². The number of urea groups is 1. The number of hydrogen-bond donors (Lipinski definition) is 3. The van der Waals surface area contributed by atoms with E-state index in [1.165, 1.54) is 16.4 Å². The number of carbonyl (C=O) groups is 2. The van der Waals surface area contributed by atoms with Crippen molar-refractivity contribution in [2.45, 2.75) is 44.0 Å². The third-order valence-corrected chi connectivity index (χ3v) is 6.04. The molecule has 1 aliphatic heterocycles. The molecule has 1 aromatic carbocycles. The molecular weight excluding hydrogens is 356 g/mol. The Morgan fingerprint density at radius 3 is 2.46 bits per heavy atom. The second-order valence-corrected chi connectivity index (χ2v) is 8.76. The maximum atomic E-state index is 12.6. The van der Waals surface area contributed by atoms with E-state index in [1.807, 2.05) is 13.8 Å². The highest BCUT2D eigenvalue weighted by molar-refractivity contribution is 7.89. The van der Waals surface area contributed by atoms with E-state index in [1.54, 1.807) is 12.1 Å². The van der Waals surface area contributed by atoms with Crippen molar-refractivity contribution in [2.75, 3.05) is 18.4 Å². The monoisotopic (exact) mass is 382 g/mol. The fourth-order valence-corrected chi connectivity index (χ4v) is 4.48. The van der Waals surface area contributed by atoms with Gasteiger partial charge in [-0.05, 0) is 43.4 Å². The van der Waals surface area contributed by atoms with Gasteiger partial charge in [-0.3, -0.25) is 4.79 Å². The Bertz CT molecular complexity index is 758.